The first kappa shape index (κ1) is 13.3. The fourth-order valence-corrected chi connectivity index (χ4v) is 3.15. The number of aromatic nitrogens is 2. The zero-order valence-electron chi connectivity index (χ0n) is 12.5. The number of carbonyl (C=O) groups excluding carboxylic acids is 1. The van der Waals surface area contributed by atoms with Gasteiger partial charge in [0, 0.05) is 30.7 Å². The molecule has 1 amide bonds. The van der Waals surface area contributed by atoms with Gasteiger partial charge in [0.2, 0.25) is 0 Å². The molecule has 1 aromatic rings. The molecule has 3 fully saturated rings. The number of amides is 1. The van der Waals surface area contributed by atoms with Gasteiger partial charge in [0.05, 0.1) is 0 Å². The van der Waals surface area contributed by atoms with Crippen molar-refractivity contribution in [2.45, 2.75) is 50.5 Å². The lowest BCUT2D eigenvalue weighted by Crippen LogP contribution is -2.45. The number of nitrogens with one attached hydrogen (secondary N) is 2. The Morgan fingerprint density at radius 3 is 2.67 bits per heavy atom. The van der Waals surface area contributed by atoms with Crippen LogP contribution in [0.5, 0.6) is 0 Å². The lowest BCUT2D eigenvalue weighted by atomic mass is 10.0. The standard InChI is InChI=1S/C16H24N4O/c21-16(15-9-14(18-19-15)12-3-4-12)20-7-5-13(6-8-20)17-10-11-1-2-11/h9,11-13,17H,1-8,10H2,(H,18,19). The van der Waals surface area contributed by atoms with Crippen LogP contribution in [0, 0.1) is 5.92 Å². The number of likely N-dealkylation sites (tertiary alicyclic amines) is 1. The lowest BCUT2D eigenvalue weighted by molar-refractivity contribution is 0.0699. The minimum absolute atomic E-state index is 0.0961. The van der Waals surface area contributed by atoms with Crippen LogP contribution >= 0.6 is 0 Å². The Hall–Kier alpha value is -1.36. The van der Waals surface area contributed by atoms with E-state index in [0.29, 0.717) is 17.7 Å². The van der Waals surface area contributed by atoms with E-state index in [-0.39, 0.29) is 5.91 Å². The summed E-state index contributed by atoms with van der Waals surface area (Å²) in [7, 11) is 0. The summed E-state index contributed by atoms with van der Waals surface area (Å²) in [6.45, 7) is 2.88. The summed E-state index contributed by atoms with van der Waals surface area (Å²) >= 11 is 0. The topological polar surface area (TPSA) is 61.0 Å². The van der Waals surface area contributed by atoms with Crippen LogP contribution in [0.4, 0.5) is 0 Å². The van der Waals surface area contributed by atoms with Gasteiger partial charge in [-0.25, -0.2) is 0 Å². The predicted molar refractivity (Wildman–Crippen MR) is 80.2 cm³/mol. The zero-order valence-corrected chi connectivity index (χ0v) is 12.5. The van der Waals surface area contributed by atoms with Crippen molar-refractivity contribution in [2.75, 3.05) is 19.6 Å². The van der Waals surface area contributed by atoms with Crippen molar-refractivity contribution < 1.29 is 4.79 Å². The molecule has 2 aliphatic carbocycles. The Morgan fingerprint density at radius 1 is 1.24 bits per heavy atom. The van der Waals surface area contributed by atoms with Crippen LogP contribution in [-0.4, -0.2) is 46.7 Å². The van der Waals surface area contributed by atoms with Crippen LogP contribution in [-0.2, 0) is 0 Å². The van der Waals surface area contributed by atoms with Gasteiger partial charge in [-0.2, -0.15) is 5.10 Å². The van der Waals surface area contributed by atoms with Crippen molar-refractivity contribution in [2.24, 2.45) is 5.92 Å². The van der Waals surface area contributed by atoms with E-state index in [4.69, 9.17) is 0 Å². The lowest BCUT2D eigenvalue weighted by Gasteiger charge is -2.32. The molecule has 5 heteroatoms. The first-order chi connectivity index (χ1) is 10.3. The van der Waals surface area contributed by atoms with Crippen LogP contribution < -0.4 is 5.32 Å². The molecule has 2 N–H and O–H groups in total. The largest absolute Gasteiger partial charge is 0.337 e. The van der Waals surface area contributed by atoms with Gasteiger partial charge in [-0.3, -0.25) is 9.89 Å². The Morgan fingerprint density at radius 2 is 2.00 bits per heavy atom. The van der Waals surface area contributed by atoms with Gasteiger partial charge in [0.15, 0.2) is 0 Å². The molecule has 3 aliphatic rings. The van der Waals surface area contributed by atoms with Gasteiger partial charge >= 0.3 is 0 Å². The smallest absolute Gasteiger partial charge is 0.274 e. The van der Waals surface area contributed by atoms with E-state index in [0.717, 1.165) is 37.5 Å². The van der Waals surface area contributed by atoms with E-state index in [1.807, 2.05) is 11.0 Å². The number of nitrogens with zero attached hydrogens (tertiary/aromatic N) is 2. The summed E-state index contributed by atoms with van der Waals surface area (Å²) in [6.07, 6.45) is 7.39. The van der Waals surface area contributed by atoms with E-state index < -0.39 is 0 Å². The van der Waals surface area contributed by atoms with Crippen molar-refractivity contribution in [3.8, 4) is 0 Å². The average molecular weight is 288 g/mol. The molecule has 4 rings (SSSR count). The highest BCUT2D eigenvalue weighted by Crippen LogP contribution is 2.39. The van der Waals surface area contributed by atoms with Crippen LogP contribution in [0.25, 0.3) is 0 Å². The second kappa shape index (κ2) is 5.44. The molecule has 0 radical (unpaired) electrons. The number of H-pyrrole nitrogens is 1. The first-order valence-electron chi connectivity index (χ1n) is 8.37. The minimum atomic E-state index is 0.0961. The third kappa shape index (κ3) is 3.12. The molecule has 114 valence electrons. The molecule has 1 saturated heterocycles. The summed E-state index contributed by atoms with van der Waals surface area (Å²) < 4.78 is 0. The molecular weight excluding hydrogens is 264 g/mol. The second-order valence-electron chi connectivity index (χ2n) is 6.90. The van der Waals surface area contributed by atoms with Gasteiger partial charge in [-0.15, -0.1) is 0 Å². The van der Waals surface area contributed by atoms with Gasteiger partial charge < -0.3 is 10.2 Å². The van der Waals surface area contributed by atoms with E-state index in [1.54, 1.807) is 0 Å². The maximum atomic E-state index is 12.5. The van der Waals surface area contributed by atoms with Gasteiger partial charge in [-0.05, 0) is 57.1 Å². The molecule has 0 bridgehead atoms. The molecular formula is C16H24N4O. The molecule has 2 heterocycles. The number of hydrogen-bond acceptors (Lipinski definition) is 3. The number of hydrogen-bond donors (Lipinski definition) is 2. The highest BCUT2D eigenvalue weighted by molar-refractivity contribution is 5.92. The van der Waals surface area contributed by atoms with Gasteiger partial charge in [0.1, 0.15) is 5.69 Å². The minimum Gasteiger partial charge on any atom is -0.337 e. The molecule has 0 aromatic carbocycles. The summed E-state index contributed by atoms with van der Waals surface area (Å²) in [4.78, 5) is 14.4. The summed E-state index contributed by atoms with van der Waals surface area (Å²) in [5, 5.41) is 10.9. The van der Waals surface area contributed by atoms with E-state index in [1.165, 1.54) is 32.2 Å². The van der Waals surface area contributed by atoms with E-state index in [9.17, 15) is 4.79 Å². The summed E-state index contributed by atoms with van der Waals surface area (Å²) in [6, 6.07) is 2.55. The van der Waals surface area contributed by atoms with Crippen molar-refractivity contribution in [3.63, 3.8) is 0 Å². The predicted octanol–water partition coefficient (Wildman–Crippen LogP) is 1.89. The molecule has 0 spiro atoms. The van der Waals surface area contributed by atoms with Gasteiger partial charge in [0.25, 0.3) is 5.91 Å². The maximum Gasteiger partial charge on any atom is 0.274 e. The van der Waals surface area contributed by atoms with Crippen LogP contribution in [0.2, 0.25) is 0 Å². The quantitative estimate of drug-likeness (QED) is 0.870. The molecule has 0 atom stereocenters. The molecule has 2 saturated carbocycles. The Balaban J connectivity index is 1.28. The number of piperidine rings is 1. The third-order valence-electron chi connectivity index (χ3n) is 5.01. The van der Waals surface area contributed by atoms with Crippen LogP contribution in [0.15, 0.2) is 6.07 Å². The highest BCUT2D eigenvalue weighted by atomic mass is 16.2. The first-order valence-corrected chi connectivity index (χ1v) is 8.37. The van der Waals surface area contributed by atoms with Gasteiger partial charge in [-0.1, -0.05) is 0 Å². The van der Waals surface area contributed by atoms with E-state index >= 15 is 0 Å². The van der Waals surface area contributed by atoms with Crippen molar-refractivity contribution in [1.82, 2.24) is 20.4 Å². The number of carbonyl (C=O) groups is 1. The maximum absolute atomic E-state index is 12.5. The second-order valence-corrected chi connectivity index (χ2v) is 6.90. The highest BCUT2D eigenvalue weighted by Gasteiger charge is 2.29. The Bertz CT molecular complexity index is 510. The molecule has 1 aromatic heterocycles. The molecule has 21 heavy (non-hydrogen) atoms. The monoisotopic (exact) mass is 288 g/mol. The third-order valence-corrected chi connectivity index (χ3v) is 5.01. The van der Waals surface area contributed by atoms with Crippen molar-refractivity contribution in [3.05, 3.63) is 17.5 Å². The number of rotatable bonds is 5. The fraction of sp³-hybridized carbons (Fsp3) is 0.750. The van der Waals surface area contributed by atoms with Crippen molar-refractivity contribution >= 4 is 5.91 Å². The normalized spacial score (nSPS) is 23.5. The molecule has 0 unspecified atom stereocenters. The Kier molecular flexibility index (Phi) is 3.45. The van der Waals surface area contributed by atoms with Crippen LogP contribution in [0.3, 0.4) is 0 Å². The number of aromatic amines is 1. The molecule has 5 nitrogen and oxygen atoms in total. The fourth-order valence-electron chi connectivity index (χ4n) is 3.15. The van der Waals surface area contributed by atoms with Crippen LogP contribution in [0.1, 0.15) is 60.6 Å². The summed E-state index contributed by atoms with van der Waals surface area (Å²) in [5.74, 6) is 1.64. The van der Waals surface area contributed by atoms with E-state index in [2.05, 4.69) is 15.5 Å². The molecule has 1 aliphatic heterocycles. The zero-order chi connectivity index (χ0) is 14.2. The van der Waals surface area contributed by atoms with Crippen molar-refractivity contribution in [1.29, 1.82) is 0 Å². The summed E-state index contributed by atoms with van der Waals surface area (Å²) in [5.41, 5.74) is 1.74. The Labute approximate surface area is 125 Å². The SMILES string of the molecule is O=C(c1cc(C2CC2)[nH]n1)N1CCC(NCC2CC2)CC1. The average Bonchev–Trinajstić information content (AvgIpc) is 3.45.